The smallest absolute Gasteiger partial charge is 0.333 e. The molecule has 1 aliphatic carbocycles. The first-order valence-electron chi connectivity index (χ1n) is 12.7. The average Bonchev–Trinajstić information content (AvgIpc) is 3.42. The number of anilines is 1. The molecule has 0 aliphatic heterocycles. The van der Waals surface area contributed by atoms with Crippen molar-refractivity contribution in [2.24, 2.45) is 5.92 Å². The van der Waals surface area contributed by atoms with Gasteiger partial charge in [0, 0.05) is 18.8 Å². The van der Waals surface area contributed by atoms with Crippen molar-refractivity contribution in [1.29, 1.82) is 0 Å². The van der Waals surface area contributed by atoms with Crippen LogP contribution in [0.5, 0.6) is 0 Å². The number of nitrogens with one attached hydrogen (secondary N) is 1. The first-order valence-corrected chi connectivity index (χ1v) is 13.0. The van der Waals surface area contributed by atoms with E-state index >= 15 is 0 Å². The number of aromatic nitrogens is 4. The van der Waals surface area contributed by atoms with Crippen molar-refractivity contribution >= 4 is 45.7 Å². The number of pyridine rings is 1. The molecule has 3 N–H and O–H groups in total. The van der Waals surface area contributed by atoms with Crippen molar-refractivity contribution in [2.45, 2.75) is 45.2 Å². The van der Waals surface area contributed by atoms with Crippen LogP contribution in [0.15, 0.2) is 63.9 Å². The van der Waals surface area contributed by atoms with Gasteiger partial charge in [0.1, 0.15) is 5.52 Å². The molecule has 194 valence electrons. The van der Waals surface area contributed by atoms with Crippen LogP contribution in [0.25, 0.3) is 27.8 Å². The highest BCUT2D eigenvalue weighted by Crippen LogP contribution is 2.28. The minimum Gasteiger partial charge on any atom is -0.424 e. The zero-order chi connectivity index (χ0) is 26.4. The number of carbonyl (C=O) groups is 1. The predicted octanol–water partition coefficient (Wildman–Crippen LogP) is 4.86. The van der Waals surface area contributed by atoms with E-state index in [0.29, 0.717) is 45.5 Å². The van der Waals surface area contributed by atoms with Crippen LogP contribution in [0.3, 0.4) is 0 Å². The summed E-state index contributed by atoms with van der Waals surface area (Å²) in [5, 5.41) is 3.58. The second-order valence-corrected chi connectivity index (χ2v) is 10.3. The molecule has 5 aromatic rings. The van der Waals surface area contributed by atoms with Crippen molar-refractivity contribution in [3.8, 4) is 5.69 Å². The lowest BCUT2D eigenvalue weighted by Gasteiger charge is -2.29. The number of hydrogen-bond acceptors (Lipinski definition) is 6. The van der Waals surface area contributed by atoms with E-state index in [1.165, 1.54) is 0 Å². The van der Waals surface area contributed by atoms with E-state index in [9.17, 15) is 9.59 Å². The molecule has 0 radical (unpaired) electrons. The number of oxazole rings is 1. The van der Waals surface area contributed by atoms with Gasteiger partial charge in [-0.15, -0.1) is 0 Å². The van der Waals surface area contributed by atoms with Gasteiger partial charge in [0.2, 0.25) is 0 Å². The van der Waals surface area contributed by atoms with Gasteiger partial charge in [-0.25, -0.2) is 4.79 Å². The minimum atomic E-state index is -0.147. The highest BCUT2D eigenvalue weighted by atomic mass is 35.5. The van der Waals surface area contributed by atoms with Crippen molar-refractivity contribution in [1.82, 2.24) is 24.4 Å². The van der Waals surface area contributed by atoms with Gasteiger partial charge in [-0.05, 0) is 74.9 Å². The number of halogens is 1. The number of nitrogens with two attached hydrogens (primary N) is 1. The molecule has 1 amide bonds. The third-order valence-electron chi connectivity index (χ3n) is 7.40. The van der Waals surface area contributed by atoms with Crippen LogP contribution in [0, 0.1) is 12.8 Å². The Morgan fingerprint density at radius 2 is 1.89 bits per heavy atom. The second-order valence-electron chi connectivity index (χ2n) is 9.90. The number of nitrogen functional groups attached to an aromatic ring is 1. The maximum Gasteiger partial charge on any atom is 0.333 e. The summed E-state index contributed by atoms with van der Waals surface area (Å²) in [6, 6.07) is 15.1. The third kappa shape index (κ3) is 4.43. The highest BCUT2D eigenvalue weighted by molar-refractivity contribution is 6.30. The maximum absolute atomic E-state index is 13.7. The van der Waals surface area contributed by atoms with Gasteiger partial charge in [-0.2, -0.15) is 4.98 Å². The topological polar surface area (TPSA) is 121 Å². The van der Waals surface area contributed by atoms with Crippen LogP contribution >= 0.6 is 11.6 Å². The van der Waals surface area contributed by atoms with Crippen LogP contribution < -0.4 is 16.7 Å². The third-order valence-corrected chi connectivity index (χ3v) is 7.61. The lowest BCUT2D eigenvalue weighted by atomic mass is 9.85. The molecule has 2 aromatic carbocycles. The van der Waals surface area contributed by atoms with E-state index in [0.717, 1.165) is 36.7 Å². The Morgan fingerprint density at radius 3 is 2.68 bits per heavy atom. The van der Waals surface area contributed by atoms with Crippen molar-refractivity contribution < 1.29 is 9.21 Å². The number of carbonyl (C=O) groups excluding carboxylic acids is 1. The zero-order valence-corrected chi connectivity index (χ0v) is 21.6. The lowest BCUT2D eigenvalue weighted by molar-refractivity contribution is 0.0919. The Kier molecular flexibility index (Phi) is 6.15. The summed E-state index contributed by atoms with van der Waals surface area (Å²) < 4.78 is 8.97. The number of para-hydroxylation sites is 2. The van der Waals surface area contributed by atoms with Gasteiger partial charge < -0.3 is 15.5 Å². The number of hydrogen-bond donors (Lipinski definition) is 2. The Morgan fingerprint density at radius 1 is 1.13 bits per heavy atom. The number of amides is 1. The molecular weight excluding hydrogens is 504 g/mol. The van der Waals surface area contributed by atoms with E-state index in [2.05, 4.69) is 15.3 Å². The molecule has 0 bridgehead atoms. The quantitative estimate of drug-likeness (QED) is 0.334. The van der Waals surface area contributed by atoms with Crippen LogP contribution in [0.4, 0.5) is 6.01 Å². The van der Waals surface area contributed by atoms with Gasteiger partial charge >= 0.3 is 5.69 Å². The van der Waals surface area contributed by atoms with Crippen LogP contribution in [0.2, 0.25) is 5.02 Å². The number of benzene rings is 2. The second kappa shape index (κ2) is 9.64. The molecule has 1 saturated carbocycles. The van der Waals surface area contributed by atoms with E-state index in [1.807, 2.05) is 41.0 Å². The summed E-state index contributed by atoms with van der Waals surface area (Å²) in [4.78, 5) is 34.9. The molecule has 38 heavy (non-hydrogen) atoms. The Balaban J connectivity index is 1.20. The molecule has 9 nitrogen and oxygen atoms in total. The fourth-order valence-electron chi connectivity index (χ4n) is 5.46. The monoisotopic (exact) mass is 530 g/mol. The van der Waals surface area contributed by atoms with Gasteiger partial charge in [-0.3, -0.25) is 18.9 Å². The first kappa shape index (κ1) is 24.2. The van der Waals surface area contributed by atoms with Crippen molar-refractivity contribution in [3.63, 3.8) is 0 Å². The number of imidazole rings is 1. The molecule has 0 saturated heterocycles. The van der Waals surface area contributed by atoms with Crippen molar-refractivity contribution in [2.75, 3.05) is 5.73 Å². The average molecular weight is 531 g/mol. The summed E-state index contributed by atoms with van der Waals surface area (Å²) in [6.45, 7) is 2.42. The molecule has 1 aliphatic rings. The molecule has 3 aromatic heterocycles. The normalized spacial score (nSPS) is 17.7. The molecule has 6 rings (SSSR count). The summed E-state index contributed by atoms with van der Waals surface area (Å²) in [5.41, 5.74) is 10.4. The molecule has 10 heteroatoms. The predicted molar refractivity (Wildman–Crippen MR) is 147 cm³/mol. The Hall–Kier alpha value is -4.11. The Labute approximate surface area is 223 Å². The highest BCUT2D eigenvalue weighted by Gasteiger charge is 2.26. The SMILES string of the molecule is Cc1ncc(Cl)cc1C(=O)NC1CCC(Cn2c(=O)n(-c3ccc4oc(N)nc4c3)c3ccccc32)CC1. The fraction of sp³-hybridized carbons (Fsp3) is 0.286. The largest absolute Gasteiger partial charge is 0.424 e. The maximum atomic E-state index is 13.7. The van der Waals surface area contributed by atoms with E-state index in [1.54, 1.807) is 29.8 Å². The van der Waals surface area contributed by atoms with Crippen molar-refractivity contribution in [3.05, 3.63) is 81.5 Å². The van der Waals surface area contributed by atoms with Gasteiger partial charge in [-0.1, -0.05) is 23.7 Å². The first-order chi connectivity index (χ1) is 18.4. The summed E-state index contributed by atoms with van der Waals surface area (Å²) in [6.07, 6.45) is 5.06. The standard InChI is InChI=1S/C28H27ClN6O3/c1-16-21(12-18(29)14-31-16)26(36)32-19-8-6-17(7-9-19)15-34-23-4-2-3-5-24(23)35(28(34)37)20-10-11-25-22(13-20)33-27(30)38-25/h2-5,10-14,17,19H,6-9,15H2,1H3,(H2,30,33)(H,32,36). The molecule has 3 heterocycles. The summed E-state index contributed by atoms with van der Waals surface area (Å²) in [7, 11) is 0. The molecule has 1 fully saturated rings. The number of nitrogens with zero attached hydrogens (tertiary/aromatic N) is 4. The zero-order valence-electron chi connectivity index (χ0n) is 20.9. The van der Waals surface area contributed by atoms with Gasteiger partial charge in [0.25, 0.3) is 11.9 Å². The lowest BCUT2D eigenvalue weighted by Crippen LogP contribution is -2.39. The number of aryl methyl sites for hydroxylation is 1. The molecule has 0 unspecified atom stereocenters. The number of fused-ring (bicyclic) bond motifs is 2. The number of rotatable bonds is 5. The molecular formula is C28H27ClN6O3. The van der Waals surface area contributed by atoms with E-state index in [4.69, 9.17) is 21.8 Å². The summed E-state index contributed by atoms with van der Waals surface area (Å²) >= 11 is 6.04. The van der Waals surface area contributed by atoms with Gasteiger partial charge in [0.15, 0.2) is 5.58 Å². The van der Waals surface area contributed by atoms with E-state index < -0.39 is 0 Å². The van der Waals surface area contributed by atoms with Gasteiger partial charge in [0.05, 0.1) is 33.0 Å². The van der Waals surface area contributed by atoms with E-state index in [-0.39, 0.29) is 23.7 Å². The van der Waals surface area contributed by atoms with Crippen LogP contribution in [-0.4, -0.2) is 31.1 Å². The molecule has 0 spiro atoms. The molecule has 0 atom stereocenters. The summed E-state index contributed by atoms with van der Waals surface area (Å²) in [5.74, 6) is 0.179. The minimum absolute atomic E-state index is 0.0804. The van der Waals surface area contributed by atoms with Crippen LogP contribution in [-0.2, 0) is 6.54 Å². The Bertz CT molecular complexity index is 1730. The fourth-order valence-corrected chi connectivity index (χ4v) is 5.61. The van der Waals surface area contributed by atoms with Crippen LogP contribution in [0.1, 0.15) is 41.7 Å².